The predicted molar refractivity (Wildman–Crippen MR) is 118 cm³/mol. The van der Waals surface area contributed by atoms with Gasteiger partial charge >= 0.3 is 0 Å². The molecule has 5 nitrogen and oxygen atoms in total. The van der Waals surface area contributed by atoms with Crippen molar-refractivity contribution >= 4 is 16.7 Å². The van der Waals surface area contributed by atoms with E-state index in [2.05, 4.69) is 45.8 Å². The Morgan fingerprint density at radius 2 is 1.90 bits per heavy atom. The van der Waals surface area contributed by atoms with Gasteiger partial charge in [0.05, 0.1) is 17.5 Å². The molecule has 0 spiro atoms. The first-order valence-corrected chi connectivity index (χ1v) is 10.3. The summed E-state index contributed by atoms with van der Waals surface area (Å²) in [6.45, 7) is 1.36. The summed E-state index contributed by atoms with van der Waals surface area (Å²) in [7, 11) is 0. The predicted octanol–water partition coefficient (Wildman–Crippen LogP) is 4.81. The van der Waals surface area contributed by atoms with Crippen LogP contribution >= 0.6 is 0 Å². The van der Waals surface area contributed by atoms with E-state index < -0.39 is 0 Å². The SMILES string of the molecule is O=C(NC[C@H]1CCCO1)c1ccc(-c2cc(-c3cccc4ccccc34)[nH]n2)cc1. The molecule has 5 heteroatoms. The fourth-order valence-corrected chi connectivity index (χ4v) is 3.97. The van der Waals surface area contributed by atoms with Crippen molar-refractivity contribution in [2.24, 2.45) is 0 Å². The van der Waals surface area contributed by atoms with E-state index in [9.17, 15) is 4.79 Å². The summed E-state index contributed by atoms with van der Waals surface area (Å²) in [5.74, 6) is -0.0736. The minimum Gasteiger partial charge on any atom is -0.376 e. The number of fused-ring (bicyclic) bond motifs is 1. The molecular weight excluding hydrogens is 374 g/mol. The molecule has 0 radical (unpaired) electrons. The Morgan fingerprint density at radius 3 is 2.73 bits per heavy atom. The Kier molecular flexibility index (Phi) is 5.03. The highest BCUT2D eigenvalue weighted by Crippen LogP contribution is 2.29. The van der Waals surface area contributed by atoms with E-state index in [4.69, 9.17) is 4.74 Å². The molecule has 1 atom stereocenters. The third-order valence-corrected chi connectivity index (χ3v) is 5.61. The number of carbonyl (C=O) groups excluding carboxylic acids is 1. The molecule has 1 aliphatic rings. The molecule has 2 N–H and O–H groups in total. The van der Waals surface area contributed by atoms with Crippen LogP contribution in [0.4, 0.5) is 0 Å². The maximum Gasteiger partial charge on any atom is 0.251 e. The maximum absolute atomic E-state index is 12.4. The molecule has 1 aromatic heterocycles. The summed E-state index contributed by atoms with van der Waals surface area (Å²) in [5, 5.41) is 13.0. The molecule has 1 saturated heterocycles. The van der Waals surface area contributed by atoms with Gasteiger partial charge in [0, 0.05) is 29.8 Å². The molecule has 30 heavy (non-hydrogen) atoms. The van der Waals surface area contributed by atoms with Crippen LogP contribution in [0.3, 0.4) is 0 Å². The summed E-state index contributed by atoms with van der Waals surface area (Å²) in [5.41, 5.74) is 4.55. The summed E-state index contributed by atoms with van der Waals surface area (Å²) in [6.07, 6.45) is 2.22. The van der Waals surface area contributed by atoms with Crippen molar-refractivity contribution in [2.45, 2.75) is 18.9 Å². The van der Waals surface area contributed by atoms with Gasteiger partial charge in [-0.05, 0) is 41.8 Å². The van der Waals surface area contributed by atoms with E-state index in [0.29, 0.717) is 12.1 Å². The standard InChI is InChI=1S/C25H23N3O2/c29-25(26-16-20-7-4-14-30-20)19-12-10-18(11-13-19)23-15-24(28-27-23)22-9-3-6-17-5-1-2-8-21(17)22/h1-3,5-6,8-13,15,20H,4,7,14,16H2,(H,26,29)(H,27,28)/t20-/m1/s1. The molecule has 0 unspecified atom stereocenters. The Labute approximate surface area is 175 Å². The molecular formula is C25H23N3O2. The first-order valence-electron chi connectivity index (χ1n) is 10.3. The van der Waals surface area contributed by atoms with Crippen LogP contribution in [0.2, 0.25) is 0 Å². The van der Waals surface area contributed by atoms with Gasteiger partial charge in [-0.2, -0.15) is 5.10 Å². The van der Waals surface area contributed by atoms with Gasteiger partial charge in [-0.1, -0.05) is 54.6 Å². The molecule has 0 aliphatic carbocycles. The van der Waals surface area contributed by atoms with Gasteiger partial charge in [-0.25, -0.2) is 0 Å². The zero-order valence-corrected chi connectivity index (χ0v) is 16.6. The number of ether oxygens (including phenoxy) is 1. The van der Waals surface area contributed by atoms with Gasteiger partial charge in [0.25, 0.3) is 5.91 Å². The fourth-order valence-electron chi connectivity index (χ4n) is 3.97. The minimum atomic E-state index is -0.0736. The Balaban J connectivity index is 1.33. The van der Waals surface area contributed by atoms with Crippen LogP contribution in [0.25, 0.3) is 33.3 Å². The van der Waals surface area contributed by atoms with Crippen LogP contribution in [0.15, 0.2) is 72.8 Å². The number of H-pyrrole nitrogens is 1. The van der Waals surface area contributed by atoms with E-state index >= 15 is 0 Å². The topological polar surface area (TPSA) is 67.0 Å². The molecule has 3 aromatic carbocycles. The van der Waals surface area contributed by atoms with E-state index in [-0.39, 0.29) is 12.0 Å². The molecule has 150 valence electrons. The first kappa shape index (κ1) is 18.6. The average Bonchev–Trinajstić information content (AvgIpc) is 3.50. The molecule has 1 aliphatic heterocycles. The lowest BCUT2D eigenvalue weighted by Gasteiger charge is -2.10. The Morgan fingerprint density at radius 1 is 1.07 bits per heavy atom. The lowest BCUT2D eigenvalue weighted by Crippen LogP contribution is -2.31. The van der Waals surface area contributed by atoms with Crippen molar-refractivity contribution in [2.75, 3.05) is 13.2 Å². The van der Waals surface area contributed by atoms with Crippen molar-refractivity contribution in [1.29, 1.82) is 0 Å². The fraction of sp³-hybridized carbons (Fsp3) is 0.200. The number of benzene rings is 3. The third-order valence-electron chi connectivity index (χ3n) is 5.61. The average molecular weight is 397 g/mol. The summed E-state index contributed by atoms with van der Waals surface area (Å²) >= 11 is 0. The zero-order chi connectivity index (χ0) is 20.3. The van der Waals surface area contributed by atoms with Gasteiger partial charge in [-0.15, -0.1) is 0 Å². The molecule has 4 aromatic rings. The van der Waals surface area contributed by atoms with Crippen molar-refractivity contribution < 1.29 is 9.53 Å². The Hall–Kier alpha value is -3.44. The smallest absolute Gasteiger partial charge is 0.251 e. The molecule has 5 rings (SSSR count). The van der Waals surface area contributed by atoms with Gasteiger partial charge in [0.2, 0.25) is 0 Å². The number of hydrogen-bond acceptors (Lipinski definition) is 3. The quantitative estimate of drug-likeness (QED) is 0.508. The lowest BCUT2D eigenvalue weighted by atomic mass is 10.0. The van der Waals surface area contributed by atoms with E-state index in [1.54, 1.807) is 0 Å². The summed E-state index contributed by atoms with van der Waals surface area (Å²) < 4.78 is 5.56. The number of rotatable bonds is 5. The van der Waals surface area contributed by atoms with Crippen molar-refractivity contribution in [3.05, 3.63) is 78.4 Å². The highest BCUT2D eigenvalue weighted by atomic mass is 16.5. The highest BCUT2D eigenvalue weighted by Gasteiger charge is 2.17. The molecule has 1 amide bonds. The van der Waals surface area contributed by atoms with E-state index in [1.165, 1.54) is 10.8 Å². The van der Waals surface area contributed by atoms with Gasteiger partial charge in [0.15, 0.2) is 0 Å². The zero-order valence-electron chi connectivity index (χ0n) is 16.6. The maximum atomic E-state index is 12.4. The Bertz CT molecular complexity index is 1170. The molecule has 1 fully saturated rings. The van der Waals surface area contributed by atoms with Crippen molar-refractivity contribution in [1.82, 2.24) is 15.5 Å². The van der Waals surface area contributed by atoms with Crippen LogP contribution in [-0.4, -0.2) is 35.4 Å². The summed E-state index contributed by atoms with van der Waals surface area (Å²) in [6, 6.07) is 24.2. The van der Waals surface area contributed by atoms with E-state index in [1.807, 2.05) is 42.5 Å². The third kappa shape index (κ3) is 3.72. The number of aromatic nitrogens is 2. The second-order valence-corrected chi connectivity index (χ2v) is 7.62. The van der Waals surface area contributed by atoms with Crippen LogP contribution in [0, 0.1) is 0 Å². The first-order chi connectivity index (χ1) is 14.8. The van der Waals surface area contributed by atoms with Gasteiger partial charge in [0.1, 0.15) is 0 Å². The van der Waals surface area contributed by atoms with Crippen LogP contribution < -0.4 is 5.32 Å². The highest BCUT2D eigenvalue weighted by molar-refractivity contribution is 5.96. The van der Waals surface area contributed by atoms with Gasteiger partial charge in [-0.3, -0.25) is 9.89 Å². The number of hydrogen-bond donors (Lipinski definition) is 2. The number of amides is 1. The summed E-state index contributed by atoms with van der Waals surface area (Å²) in [4.78, 5) is 12.4. The van der Waals surface area contributed by atoms with Crippen molar-refractivity contribution in [3.63, 3.8) is 0 Å². The molecule has 2 heterocycles. The van der Waals surface area contributed by atoms with Gasteiger partial charge < -0.3 is 10.1 Å². The molecule has 0 bridgehead atoms. The monoisotopic (exact) mass is 397 g/mol. The minimum absolute atomic E-state index is 0.0736. The lowest BCUT2D eigenvalue weighted by molar-refractivity contribution is 0.0858. The van der Waals surface area contributed by atoms with Crippen LogP contribution in [0.5, 0.6) is 0 Å². The normalized spacial score (nSPS) is 16.1. The number of aromatic amines is 1. The number of nitrogens with zero attached hydrogens (tertiary/aromatic N) is 1. The van der Waals surface area contributed by atoms with Crippen LogP contribution in [0.1, 0.15) is 23.2 Å². The van der Waals surface area contributed by atoms with Crippen LogP contribution in [-0.2, 0) is 4.74 Å². The number of carbonyl (C=O) groups is 1. The van der Waals surface area contributed by atoms with E-state index in [0.717, 1.165) is 42.0 Å². The second-order valence-electron chi connectivity index (χ2n) is 7.62. The second kappa shape index (κ2) is 8.13. The number of nitrogens with one attached hydrogen (secondary N) is 2. The van der Waals surface area contributed by atoms with Crippen molar-refractivity contribution in [3.8, 4) is 22.5 Å². The molecule has 0 saturated carbocycles. The largest absolute Gasteiger partial charge is 0.376 e.